The lowest BCUT2D eigenvalue weighted by Crippen LogP contribution is -2.55. The molecule has 0 spiro atoms. The Balaban J connectivity index is 3.08. The highest BCUT2D eigenvalue weighted by molar-refractivity contribution is 7.50. The molecular formula is C21H32N3O10P. The van der Waals surface area contributed by atoms with E-state index in [1.165, 1.54) is 19.1 Å². The van der Waals surface area contributed by atoms with Crippen LogP contribution in [0.4, 0.5) is 0 Å². The molecule has 0 aliphatic heterocycles. The lowest BCUT2D eigenvalue weighted by Gasteiger charge is -2.27. The van der Waals surface area contributed by atoms with E-state index >= 15 is 0 Å². The van der Waals surface area contributed by atoms with E-state index in [0.29, 0.717) is 12.0 Å². The van der Waals surface area contributed by atoms with E-state index in [0.717, 1.165) is 0 Å². The van der Waals surface area contributed by atoms with E-state index in [9.17, 15) is 28.6 Å². The summed E-state index contributed by atoms with van der Waals surface area (Å²) in [7, 11) is -4.29. The van der Waals surface area contributed by atoms with Crippen molar-refractivity contribution in [3.8, 4) is 5.75 Å². The van der Waals surface area contributed by atoms with Gasteiger partial charge in [0.1, 0.15) is 18.3 Å². The van der Waals surface area contributed by atoms with Gasteiger partial charge in [0, 0.05) is 6.42 Å². The Bertz CT molecular complexity index is 924. The second-order valence-electron chi connectivity index (χ2n) is 7.63. The number of amides is 2. The third-order valence-corrected chi connectivity index (χ3v) is 6.09. The van der Waals surface area contributed by atoms with Gasteiger partial charge in [0.15, 0.2) is 6.61 Å². The number of rotatable bonds is 16. The average Bonchev–Trinajstić information content (AvgIpc) is 2.79. The molecule has 0 saturated heterocycles. The molecular weight excluding hydrogens is 485 g/mol. The molecule has 1 rings (SSSR count). The molecule has 0 radical (unpaired) electrons. The van der Waals surface area contributed by atoms with Crippen molar-refractivity contribution in [1.82, 2.24) is 15.7 Å². The molecule has 0 bridgehead atoms. The molecule has 0 heterocycles. The summed E-state index contributed by atoms with van der Waals surface area (Å²) >= 11 is 0. The van der Waals surface area contributed by atoms with Crippen molar-refractivity contribution in [2.45, 2.75) is 45.7 Å². The summed E-state index contributed by atoms with van der Waals surface area (Å²) in [5, 5.41) is 24.6. The van der Waals surface area contributed by atoms with Crippen molar-refractivity contribution >= 4 is 31.5 Å². The quantitative estimate of drug-likeness (QED) is 0.167. The van der Waals surface area contributed by atoms with Crippen LogP contribution in [0.5, 0.6) is 5.75 Å². The van der Waals surface area contributed by atoms with Crippen LogP contribution in [0.15, 0.2) is 24.3 Å². The van der Waals surface area contributed by atoms with Gasteiger partial charge in [-0.15, -0.1) is 0 Å². The number of aliphatic carboxylic acids is 2. The summed E-state index contributed by atoms with van der Waals surface area (Å²) in [4.78, 5) is 57.1. The van der Waals surface area contributed by atoms with Crippen LogP contribution in [0.25, 0.3) is 0 Å². The molecule has 0 aliphatic rings. The summed E-state index contributed by atoms with van der Waals surface area (Å²) in [6.45, 7) is 3.71. The number of carboxylic acids is 2. The van der Waals surface area contributed by atoms with E-state index in [2.05, 4.69) is 15.7 Å². The number of ether oxygens (including phenoxy) is 1. The maximum Gasteiger partial charge on any atom is 0.403 e. The highest BCUT2D eigenvalue weighted by Crippen LogP contribution is 2.38. The zero-order valence-corrected chi connectivity index (χ0v) is 20.6. The summed E-state index contributed by atoms with van der Waals surface area (Å²) in [5.74, 6) is -4.07. The maximum absolute atomic E-state index is 13.0. The fourth-order valence-corrected chi connectivity index (χ4v) is 4.08. The molecule has 2 amide bonds. The number of hydrogen-bond acceptors (Lipinski definition) is 7. The predicted molar refractivity (Wildman–Crippen MR) is 124 cm³/mol. The van der Waals surface area contributed by atoms with Gasteiger partial charge >= 0.3 is 19.7 Å². The van der Waals surface area contributed by atoms with Gasteiger partial charge < -0.3 is 30.5 Å². The van der Waals surface area contributed by atoms with Crippen molar-refractivity contribution in [3.05, 3.63) is 29.8 Å². The number of carbonyl (C=O) groups excluding carboxylic acids is 2. The molecule has 196 valence electrons. The SMILES string of the molecule is CCOP(=O)(O)N[C@H](C(=O)NC(Cc1ccc(OCC(=O)O)cc1)C(=O)NCC(=O)O)[C@@H](C)CC. The topological polar surface area (TPSA) is 201 Å². The first-order chi connectivity index (χ1) is 16.4. The molecule has 0 aromatic heterocycles. The van der Waals surface area contributed by atoms with Gasteiger partial charge in [-0.25, -0.2) is 14.4 Å². The van der Waals surface area contributed by atoms with Crippen LogP contribution in [0.3, 0.4) is 0 Å². The first-order valence-corrected chi connectivity index (χ1v) is 12.4. The first kappa shape index (κ1) is 30.0. The predicted octanol–water partition coefficient (Wildman–Crippen LogP) is 0.519. The third kappa shape index (κ3) is 11.3. The second-order valence-corrected chi connectivity index (χ2v) is 9.19. The highest BCUT2D eigenvalue weighted by Gasteiger charge is 2.34. The number of carboxylic acid groups (broad SMARTS) is 2. The van der Waals surface area contributed by atoms with E-state index in [-0.39, 0.29) is 18.8 Å². The molecule has 0 aliphatic carbocycles. The smallest absolute Gasteiger partial charge is 0.403 e. The van der Waals surface area contributed by atoms with Crippen molar-refractivity contribution in [3.63, 3.8) is 0 Å². The van der Waals surface area contributed by atoms with Crippen LogP contribution in [-0.4, -0.2) is 70.7 Å². The van der Waals surface area contributed by atoms with Gasteiger partial charge in [0.05, 0.1) is 12.6 Å². The summed E-state index contributed by atoms with van der Waals surface area (Å²) in [6.07, 6.45) is 0.413. The largest absolute Gasteiger partial charge is 0.482 e. The zero-order valence-electron chi connectivity index (χ0n) is 19.7. The van der Waals surface area contributed by atoms with Crippen molar-refractivity contribution < 1.29 is 48.1 Å². The van der Waals surface area contributed by atoms with Gasteiger partial charge in [-0.3, -0.25) is 18.9 Å². The third-order valence-electron chi connectivity index (χ3n) is 4.87. The highest BCUT2D eigenvalue weighted by atomic mass is 31.2. The minimum absolute atomic E-state index is 0.0497. The van der Waals surface area contributed by atoms with Crippen molar-refractivity contribution in [2.75, 3.05) is 19.8 Å². The number of benzene rings is 1. The molecule has 13 nitrogen and oxygen atoms in total. The van der Waals surface area contributed by atoms with Gasteiger partial charge in [0.25, 0.3) is 0 Å². The van der Waals surface area contributed by atoms with Crippen LogP contribution >= 0.6 is 7.75 Å². The molecule has 4 atom stereocenters. The zero-order chi connectivity index (χ0) is 26.6. The fraction of sp³-hybridized carbons (Fsp3) is 0.524. The summed E-state index contributed by atoms with van der Waals surface area (Å²) in [6, 6.07) is 3.69. The Labute approximate surface area is 202 Å². The number of nitrogens with one attached hydrogen (secondary N) is 3. The van der Waals surface area contributed by atoms with Crippen molar-refractivity contribution in [2.24, 2.45) is 5.92 Å². The van der Waals surface area contributed by atoms with E-state index in [4.69, 9.17) is 19.5 Å². The minimum Gasteiger partial charge on any atom is -0.482 e. The molecule has 2 unspecified atom stereocenters. The number of carbonyl (C=O) groups is 4. The molecule has 0 fully saturated rings. The van der Waals surface area contributed by atoms with E-state index < -0.39 is 62.7 Å². The van der Waals surface area contributed by atoms with Gasteiger partial charge in [0.2, 0.25) is 11.8 Å². The normalized spacial score (nSPS) is 15.2. The summed E-state index contributed by atoms with van der Waals surface area (Å²) < 4.78 is 22.1. The first-order valence-electron chi connectivity index (χ1n) is 10.9. The lowest BCUT2D eigenvalue weighted by atomic mass is 9.98. The van der Waals surface area contributed by atoms with Crippen LogP contribution in [0, 0.1) is 5.92 Å². The van der Waals surface area contributed by atoms with Crippen LogP contribution < -0.4 is 20.5 Å². The Morgan fingerprint density at radius 3 is 2.17 bits per heavy atom. The van der Waals surface area contributed by atoms with Crippen LogP contribution in [0.1, 0.15) is 32.8 Å². The van der Waals surface area contributed by atoms with Gasteiger partial charge in [-0.1, -0.05) is 32.4 Å². The Morgan fingerprint density at radius 1 is 1.03 bits per heavy atom. The lowest BCUT2D eigenvalue weighted by molar-refractivity contribution is -0.139. The molecule has 1 aromatic carbocycles. The van der Waals surface area contributed by atoms with Crippen molar-refractivity contribution in [1.29, 1.82) is 0 Å². The van der Waals surface area contributed by atoms with Gasteiger partial charge in [-0.2, -0.15) is 0 Å². The standard InChI is InChI=1S/C21H32N3O10P/c1-4-13(3)19(24-35(31,32)34-5-2)21(30)23-16(20(29)22-11-17(25)26)10-14-6-8-15(9-7-14)33-12-18(27)28/h6-9,13,16,19H,4-5,10-12H2,1-3H3,(H,22,29)(H,23,30)(H,25,26)(H,27,28)(H2,24,31,32)/t13-,16?,19-/m0/s1. The van der Waals surface area contributed by atoms with E-state index in [1.54, 1.807) is 26.0 Å². The molecule has 0 saturated carbocycles. The van der Waals surface area contributed by atoms with Crippen LogP contribution in [-0.2, 0) is 34.7 Å². The monoisotopic (exact) mass is 517 g/mol. The maximum atomic E-state index is 13.0. The molecule has 35 heavy (non-hydrogen) atoms. The van der Waals surface area contributed by atoms with E-state index in [1.807, 2.05) is 0 Å². The van der Waals surface area contributed by atoms with Crippen LogP contribution in [0.2, 0.25) is 0 Å². The fourth-order valence-electron chi connectivity index (χ4n) is 2.93. The Hall–Kier alpha value is -2.99. The molecule has 14 heteroatoms. The molecule has 1 aromatic rings. The average molecular weight is 517 g/mol. The number of hydrogen-bond donors (Lipinski definition) is 6. The Morgan fingerprint density at radius 2 is 1.66 bits per heavy atom. The Kier molecular flexibility index (Phi) is 12.4. The second kappa shape index (κ2) is 14.4. The molecule has 6 N–H and O–H groups in total. The summed E-state index contributed by atoms with van der Waals surface area (Å²) in [5.41, 5.74) is 0.554. The minimum atomic E-state index is -4.29. The van der Waals surface area contributed by atoms with Gasteiger partial charge in [-0.05, 0) is 30.5 Å².